The summed E-state index contributed by atoms with van der Waals surface area (Å²) in [7, 11) is -3.51. The Morgan fingerprint density at radius 1 is 1.40 bits per heavy atom. The number of hydrogen-bond donors (Lipinski definition) is 2. The number of aryl methyl sites for hydroxylation is 2. The molecule has 20 heavy (non-hydrogen) atoms. The van der Waals surface area contributed by atoms with Gasteiger partial charge in [0.2, 0.25) is 10.0 Å². The lowest BCUT2D eigenvalue weighted by molar-refractivity contribution is 0.412. The number of amidine groups is 1. The van der Waals surface area contributed by atoms with Crippen molar-refractivity contribution in [1.29, 1.82) is 5.41 Å². The van der Waals surface area contributed by atoms with E-state index in [2.05, 4.69) is 0 Å². The van der Waals surface area contributed by atoms with Crippen molar-refractivity contribution in [3.63, 3.8) is 0 Å². The molecule has 0 heterocycles. The van der Waals surface area contributed by atoms with E-state index >= 15 is 0 Å². The molecule has 0 aliphatic heterocycles. The highest BCUT2D eigenvalue weighted by atomic mass is 32.2. The van der Waals surface area contributed by atoms with Gasteiger partial charge in [-0.25, -0.2) is 8.42 Å². The molecule has 1 saturated carbocycles. The van der Waals surface area contributed by atoms with E-state index in [1.54, 1.807) is 6.07 Å². The van der Waals surface area contributed by atoms with Gasteiger partial charge in [0, 0.05) is 19.0 Å². The second-order valence-electron chi connectivity index (χ2n) is 5.39. The fourth-order valence-corrected chi connectivity index (χ4v) is 4.20. The highest BCUT2D eigenvalue weighted by molar-refractivity contribution is 7.89. The Bertz CT molecular complexity index is 621. The molecule has 2 rings (SSSR count). The molecule has 110 valence electrons. The molecule has 0 saturated heterocycles. The van der Waals surface area contributed by atoms with Gasteiger partial charge in [-0.3, -0.25) is 5.41 Å². The van der Waals surface area contributed by atoms with Crippen molar-refractivity contribution in [2.24, 2.45) is 5.73 Å². The van der Waals surface area contributed by atoms with Crippen LogP contribution in [0.4, 0.5) is 0 Å². The molecule has 1 aliphatic rings. The van der Waals surface area contributed by atoms with Crippen LogP contribution in [0.25, 0.3) is 0 Å². The van der Waals surface area contributed by atoms with Gasteiger partial charge in [0.05, 0.1) is 10.7 Å². The summed E-state index contributed by atoms with van der Waals surface area (Å²) in [4.78, 5) is 0.368. The van der Waals surface area contributed by atoms with Gasteiger partial charge in [0.25, 0.3) is 0 Å². The summed E-state index contributed by atoms with van der Waals surface area (Å²) in [5.74, 6) is 0.0202. The van der Waals surface area contributed by atoms with Crippen LogP contribution in [-0.4, -0.2) is 31.1 Å². The summed E-state index contributed by atoms with van der Waals surface area (Å²) in [6.07, 6.45) is 2.06. The van der Waals surface area contributed by atoms with E-state index in [0.717, 1.165) is 24.0 Å². The minimum Gasteiger partial charge on any atom is -0.388 e. The van der Waals surface area contributed by atoms with Gasteiger partial charge in [-0.2, -0.15) is 4.31 Å². The van der Waals surface area contributed by atoms with Gasteiger partial charge < -0.3 is 5.73 Å². The van der Waals surface area contributed by atoms with Crippen molar-refractivity contribution < 1.29 is 8.42 Å². The van der Waals surface area contributed by atoms with Gasteiger partial charge in [-0.05, 0) is 43.9 Å². The SMILES string of the molecule is Cc1ccc(C)c(S(=O)(=O)N(CCC(=N)N)C2CC2)c1. The second kappa shape index (κ2) is 5.54. The third-order valence-corrected chi connectivity index (χ3v) is 5.58. The highest BCUT2D eigenvalue weighted by Crippen LogP contribution is 2.33. The Morgan fingerprint density at radius 2 is 2.05 bits per heavy atom. The lowest BCUT2D eigenvalue weighted by Gasteiger charge is -2.23. The first-order valence-electron chi connectivity index (χ1n) is 6.74. The molecule has 1 aliphatic carbocycles. The van der Waals surface area contributed by atoms with E-state index in [9.17, 15) is 8.42 Å². The molecule has 6 heteroatoms. The average Bonchev–Trinajstić information content (AvgIpc) is 3.16. The van der Waals surface area contributed by atoms with Gasteiger partial charge in [0.1, 0.15) is 0 Å². The third-order valence-electron chi connectivity index (χ3n) is 3.49. The number of hydrogen-bond acceptors (Lipinski definition) is 3. The van der Waals surface area contributed by atoms with Gasteiger partial charge >= 0.3 is 0 Å². The fourth-order valence-electron chi connectivity index (χ4n) is 2.20. The lowest BCUT2D eigenvalue weighted by Crippen LogP contribution is -2.36. The molecule has 1 fully saturated rings. The van der Waals surface area contributed by atoms with Gasteiger partial charge in [-0.1, -0.05) is 12.1 Å². The number of benzene rings is 1. The van der Waals surface area contributed by atoms with E-state index in [0.29, 0.717) is 4.90 Å². The van der Waals surface area contributed by atoms with Crippen LogP contribution in [0.5, 0.6) is 0 Å². The maximum Gasteiger partial charge on any atom is 0.243 e. The van der Waals surface area contributed by atoms with Crippen LogP contribution < -0.4 is 5.73 Å². The molecule has 0 atom stereocenters. The average molecular weight is 295 g/mol. The van der Waals surface area contributed by atoms with Crippen LogP contribution in [0, 0.1) is 19.3 Å². The predicted octanol–water partition coefficient (Wildman–Crippen LogP) is 1.78. The van der Waals surface area contributed by atoms with Crippen LogP contribution in [0.2, 0.25) is 0 Å². The lowest BCUT2D eigenvalue weighted by atomic mass is 10.2. The van der Waals surface area contributed by atoms with Gasteiger partial charge in [-0.15, -0.1) is 0 Å². The van der Waals surface area contributed by atoms with E-state index in [-0.39, 0.29) is 24.8 Å². The van der Waals surface area contributed by atoms with Crippen molar-refractivity contribution in [3.8, 4) is 0 Å². The number of nitrogens with zero attached hydrogens (tertiary/aromatic N) is 1. The second-order valence-corrected chi connectivity index (χ2v) is 7.25. The number of rotatable bonds is 6. The molecule has 3 N–H and O–H groups in total. The Hall–Kier alpha value is -1.40. The largest absolute Gasteiger partial charge is 0.388 e. The van der Waals surface area contributed by atoms with E-state index in [4.69, 9.17) is 11.1 Å². The van der Waals surface area contributed by atoms with Crippen LogP contribution in [0.1, 0.15) is 30.4 Å². The monoisotopic (exact) mass is 295 g/mol. The zero-order valence-electron chi connectivity index (χ0n) is 11.9. The Morgan fingerprint density at radius 3 is 2.60 bits per heavy atom. The summed E-state index contributed by atoms with van der Waals surface area (Å²) < 4.78 is 27.1. The Labute approximate surface area is 120 Å². The van der Waals surface area contributed by atoms with E-state index in [1.807, 2.05) is 26.0 Å². The number of nitrogens with two attached hydrogens (primary N) is 1. The fraction of sp³-hybridized carbons (Fsp3) is 0.500. The zero-order chi connectivity index (χ0) is 14.9. The quantitative estimate of drug-likeness (QED) is 0.619. The summed E-state index contributed by atoms with van der Waals surface area (Å²) >= 11 is 0. The molecule has 0 spiro atoms. The van der Waals surface area contributed by atoms with Crippen molar-refractivity contribution in [2.45, 2.75) is 44.0 Å². The van der Waals surface area contributed by atoms with Crippen LogP contribution >= 0.6 is 0 Å². The molecule has 0 radical (unpaired) electrons. The maximum atomic E-state index is 12.8. The van der Waals surface area contributed by atoms with E-state index < -0.39 is 10.0 Å². The van der Waals surface area contributed by atoms with Gasteiger partial charge in [0.15, 0.2) is 0 Å². The van der Waals surface area contributed by atoms with Crippen LogP contribution in [0.3, 0.4) is 0 Å². The van der Waals surface area contributed by atoms with Crippen LogP contribution in [0.15, 0.2) is 23.1 Å². The summed E-state index contributed by atoms with van der Waals surface area (Å²) in [5.41, 5.74) is 7.04. The molecule has 0 aromatic heterocycles. The van der Waals surface area contributed by atoms with Crippen LogP contribution in [-0.2, 0) is 10.0 Å². The molecule has 0 bridgehead atoms. The predicted molar refractivity (Wildman–Crippen MR) is 79.4 cm³/mol. The molecule has 1 aromatic carbocycles. The zero-order valence-corrected chi connectivity index (χ0v) is 12.7. The molecule has 1 aromatic rings. The summed E-state index contributed by atoms with van der Waals surface area (Å²) in [5, 5.41) is 7.29. The minimum atomic E-state index is -3.51. The first-order valence-corrected chi connectivity index (χ1v) is 8.18. The molecule has 5 nitrogen and oxygen atoms in total. The summed E-state index contributed by atoms with van der Waals surface area (Å²) in [6.45, 7) is 3.98. The van der Waals surface area contributed by atoms with Crippen molar-refractivity contribution in [2.75, 3.05) is 6.54 Å². The minimum absolute atomic E-state index is 0.0202. The Balaban J connectivity index is 2.35. The maximum absolute atomic E-state index is 12.8. The Kier molecular flexibility index (Phi) is 4.15. The normalized spacial score (nSPS) is 15.6. The first kappa shape index (κ1) is 15.0. The van der Waals surface area contributed by atoms with Crippen molar-refractivity contribution in [3.05, 3.63) is 29.3 Å². The number of nitrogens with one attached hydrogen (secondary N) is 1. The number of sulfonamides is 1. The first-order chi connectivity index (χ1) is 9.32. The summed E-state index contributed by atoms with van der Waals surface area (Å²) in [6, 6.07) is 5.52. The third kappa shape index (κ3) is 3.19. The smallest absolute Gasteiger partial charge is 0.243 e. The van der Waals surface area contributed by atoms with Crippen molar-refractivity contribution >= 4 is 15.9 Å². The molecule has 0 amide bonds. The molecular formula is C14H21N3O2S. The molecule has 0 unspecified atom stereocenters. The highest BCUT2D eigenvalue weighted by Gasteiger charge is 2.38. The standard InChI is InChI=1S/C14H21N3O2S/c1-10-3-4-11(2)13(9-10)20(18,19)17(12-5-6-12)8-7-14(15)16/h3-4,9,12H,5-8H2,1-2H3,(H3,15,16). The topological polar surface area (TPSA) is 87.2 Å². The van der Waals surface area contributed by atoms with Crippen molar-refractivity contribution in [1.82, 2.24) is 4.31 Å². The van der Waals surface area contributed by atoms with E-state index in [1.165, 1.54) is 4.31 Å². The molecular weight excluding hydrogens is 274 g/mol.